The molecule has 0 unspecified atom stereocenters. The molecule has 0 saturated carbocycles. The Bertz CT molecular complexity index is 2580. The first-order chi connectivity index (χ1) is 29.9. The Balaban J connectivity index is 0.000000168. The molecule has 308 valence electrons. The van der Waals surface area contributed by atoms with Gasteiger partial charge in [-0.2, -0.15) is 0 Å². The standard InChI is InChI=1S/C24H22ClN3O2S.C24H21N3O2S/c25-20-15-26-14-19(18-10-5-2-6-11-18)22(20)27-23(31)21-12-7-13-28(21)24(29)30-16-17-8-3-1-4-9-17;28-24(29-16-17-8-3-1-4-9-17)27-13-7-12-20(27)23-26-22-19(14-25-15-21(22)30-23)18-10-5-2-6-11-18/h1-6,8-11,14-15,21H,7,12-13,16H2,(H,26,27,31);1-6,8-11,14-15,20H,7,12-13,16H2/t21-;20-/m00/s1. The molecule has 2 atom stereocenters. The molecule has 10 nitrogen and oxygen atoms in total. The van der Waals surface area contributed by atoms with Crippen molar-refractivity contribution in [1.29, 1.82) is 0 Å². The fourth-order valence-corrected chi connectivity index (χ4v) is 9.21. The maximum Gasteiger partial charge on any atom is 0.410 e. The van der Waals surface area contributed by atoms with Crippen LogP contribution in [0.3, 0.4) is 0 Å². The number of benzene rings is 4. The monoisotopic (exact) mass is 866 g/mol. The number of anilines is 1. The Morgan fingerprint density at radius 3 is 1.85 bits per heavy atom. The molecule has 5 heterocycles. The lowest BCUT2D eigenvalue weighted by Crippen LogP contribution is -2.42. The van der Waals surface area contributed by atoms with Gasteiger partial charge in [-0.05, 0) is 47.9 Å². The van der Waals surface area contributed by atoms with Crippen LogP contribution in [0.2, 0.25) is 5.02 Å². The van der Waals surface area contributed by atoms with Gasteiger partial charge in [0.1, 0.15) is 23.2 Å². The summed E-state index contributed by atoms with van der Waals surface area (Å²) in [6.07, 6.45) is 9.91. The number of pyridine rings is 2. The zero-order chi connectivity index (χ0) is 42.0. The molecule has 2 aliphatic rings. The minimum Gasteiger partial charge on any atom is -0.445 e. The van der Waals surface area contributed by atoms with Gasteiger partial charge in [-0.25, -0.2) is 14.6 Å². The molecule has 2 aliphatic heterocycles. The van der Waals surface area contributed by atoms with Gasteiger partial charge in [0.25, 0.3) is 0 Å². The lowest BCUT2D eigenvalue weighted by atomic mass is 10.1. The van der Waals surface area contributed by atoms with Crippen LogP contribution in [0.4, 0.5) is 15.3 Å². The number of ether oxygens (including phenoxy) is 2. The topological polar surface area (TPSA) is 110 Å². The molecule has 7 aromatic rings. The predicted octanol–water partition coefficient (Wildman–Crippen LogP) is 11.8. The van der Waals surface area contributed by atoms with Gasteiger partial charge in [-0.1, -0.05) is 145 Å². The third-order valence-electron chi connectivity index (χ3n) is 10.6. The molecule has 0 radical (unpaired) electrons. The molecule has 61 heavy (non-hydrogen) atoms. The first-order valence-corrected chi connectivity index (χ1v) is 21.8. The number of thiazole rings is 1. The van der Waals surface area contributed by atoms with E-state index < -0.39 is 0 Å². The molecule has 9 rings (SSSR count). The minimum atomic E-state index is -0.361. The van der Waals surface area contributed by atoms with Crippen LogP contribution >= 0.6 is 35.2 Å². The molecule has 2 amide bonds. The van der Waals surface area contributed by atoms with Crippen molar-refractivity contribution in [3.63, 3.8) is 0 Å². The molecular weight excluding hydrogens is 824 g/mol. The first-order valence-electron chi connectivity index (χ1n) is 20.2. The fraction of sp³-hybridized carbons (Fsp3) is 0.208. The smallest absolute Gasteiger partial charge is 0.410 e. The maximum atomic E-state index is 12.8. The molecule has 13 heteroatoms. The van der Waals surface area contributed by atoms with Crippen molar-refractivity contribution >= 4 is 68.2 Å². The van der Waals surface area contributed by atoms with Crippen molar-refractivity contribution in [3.8, 4) is 22.3 Å². The number of hydrogen-bond acceptors (Lipinski definition) is 9. The van der Waals surface area contributed by atoms with Gasteiger partial charge >= 0.3 is 12.2 Å². The van der Waals surface area contributed by atoms with Crippen LogP contribution < -0.4 is 5.32 Å². The van der Waals surface area contributed by atoms with Gasteiger partial charge in [0.15, 0.2) is 0 Å². The number of rotatable bonds is 9. The van der Waals surface area contributed by atoms with E-state index >= 15 is 0 Å². The second kappa shape index (κ2) is 19.9. The SMILES string of the molecule is O=C(OCc1ccccc1)N1CCC[C@H]1C(=S)Nc1c(Cl)cncc1-c1ccccc1.O=C(OCc1ccccc1)N1CCC[C@H]1c1nc2c(-c3ccccc3)cncc2s1. The van der Waals surface area contributed by atoms with Gasteiger partial charge in [0.05, 0.1) is 33.0 Å². The van der Waals surface area contributed by atoms with Crippen molar-refractivity contribution in [1.82, 2.24) is 24.8 Å². The largest absolute Gasteiger partial charge is 0.445 e. The average Bonchev–Trinajstić information content (AvgIpc) is 4.10. The molecule has 3 aromatic heterocycles. The van der Waals surface area contributed by atoms with Crippen LogP contribution in [0, 0.1) is 0 Å². The summed E-state index contributed by atoms with van der Waals surface area (Å²) in [5.41, 5.74) is 7.52. The highest BCUT2D eigenvalue weighted by Crippen LogP contribution is 2.39. The van der Waals surface area contributed by atoms with Crippen molar-refractivity contribution in [2.75, 3.05) is 18.4 Å². The number of nitrogens with zero attached hydrogens (tertiary/aromatic N) is 5. The predicted molar refractivity (Wildman–Crippen MR) is 245 cm³/mol. The Morgan fingerprint density at radius 2 is 1.21 bits per heavy atom. The van der Waals surface area contributed by atoms with Crippen molar-refractivity contribution in [2.45, 2.75) is 51.0 Å². The van der Waals surface area contributed by atoms with Crippen LogP contribution in [0.15, 0.2) is 146 Å². The van der Waals surface area contributed by atoms with E-state index in [9.17, 15) is 9.59 Å². The summed E-state index contributed by atoms with van der Waals surface area (Å²) < 4.78 is 12.1. The zero-order valence-electron chi connectivity index (χ0n) is 33.2. The summed E-state index contributed by atoms with van der Waals surface area (Å²) >= 11 is 13.8. The van der Waals surface area contributed by atoms with Crippen LogP contribution in [0.1, 0.15) is 47.9 Å². The lowest BCUT2D eigenvalue weighted by molar-refractivity contribution is 0.0920. The first kappa shape index (κ1) is 41.5. The number of amides is 2. The molecule has 2 saturated heterocycles. The zero-order valence-corrected chi connectivity index (χ0v) is 35.6. The summed E-state index contributed by atoms with van der Waals surface area (Å²) in [6.45, 7) is 1.82. The summed E-state index contributed by atoms with van der Waals surface area (Å²) in [5, 5.41) is 4.71. The third-order valence-corrected chi connectivity index (χ3v) is 12.4. The molecule has 0 spiro atoms. The van der Waals surface area contributed by atoms with E-state index in [1.165, 1.54) is 0 Å². The van der Waals surface area contributed by atoms with Gasteiger partial charge in [0.2, 0.25) is 0 Å². The number of halogens is 1. The molecule has 1 N–H and O–H groups in total. The summed E-state index contributed by atoms with van der Waals surface area (Å²) in [4.78, 5) is 43.1. The van der Waals surface area contributed by atoms with E-state index in [4.69, 9.17) is 38.3 Å². The van der Waals surface area contributed by atoms with Crippen LogP contribution in [-0.2, 0) is 22.7 Å². The highest BCUT2D eigenvalue weighted by Gasteiger charge is 2.35. The lowest BCUT2D eigenvalue weighted by Gasteiger charge is -2.26. The number of nitrogens with one attached hydrogen (secondary N) is 1. The van der Waals surface area contributed by atoms with Crippen molar-refractivity contribution in [3.05, 3.63) is 167 Å². The number of aromatic nitrogens is 3. The van der Waals surface area contributed by atoms with E-state index in [1.807, 2.05) is 126 Å². The Kier molecular flexibility index (Phi) is 13.5. The molecular formula is C48H43ClN6O4S2. The highest BCUT2D eigenvalue weighted by molar-refractivity contribution is 7.80. The number of likely N-dealkylation sites (tertiary alicyclic amines) is 2. The van der Waals surface area contributed by atoms with Crippen LogP contribution in [0.5, 0.6) is 0 Å². The van der Waals surface area contributed by atoms with E-state index in [1.54, 1.807) is 28.6 Å². The number of fused-ring (bicyclic) bond motifs is 1. The van der Waals surface area contributed by atoms with Gasteiger partial charge < -0.3 is 14.8 Å². The maximum absolute atomic E-state index is 12.8. The molecule has 2 fully saturated rings. The fourth-order valence-electron chi connectivity index (χ4n) is 7.55. The Hall–Kier alpha value is -6.21. The second-order valence-corrected chi connectivity index (χ2v) is 16.5. The molecule has 0 bridgehead atoms. The normalized spacial score (nSPS) is 15.8. The Labute approximate surface area is 369 Å². The van der Waals surface area contributed by atoms with Crippen LogP contribution in [-0.4, -0.2) is 61.1 Å². The Morgan fingerprint density at radius 1 is 0.689 bits per heavy atom. The number of hydrogen-bond donors (Lipinski definition) is 1. The van der Waals surface area contributed by atoms with Gasteiger partial charge in [-0.3, -0.25) is 19.8 Å². The van der Waals surface area contributed by atoms with Crippen molar-refractivity contribution in [2.24, 2.45) is 0 Å². The number of carbonyl (C=O) groups is 2. The number of thiocarbonyl (C=S) groups is 1. The molecule has 0 aliphatic carbocycles. The molecule has 4 aromatic carbocycles. The average molecular weight is 867 g/mol. The minimum absolute atomic E-state index is 0.0469. The number of carbonyl (C=O) groups excluding carboxylic acids is 2. The van der Waals surface area contributed by atoms with Crippen molar-refractivity contribution < 1.29 is 19.1 Å². The van der Waals surface area contributed by atoms with Gasteiger partial charge in [0, 0.05) is 49.0 Å². The summed E-state index contributed by atoms with van der Waals surface area (Å²) in [5.74, 6) is 0. The van der Waals surface area contributed by atoms with Gasteiger partial charge in [-0.15, -0.1) is 11.3 Å². The summed E-state index contributed by atoms with van der Waals surface area (Å²) in [7, 11) is 0. The van der Waals surface area contributed by atoms with E-state index in [-0.39, 0.29) is 37.5 Å². The van der Waals surface area contributed by atoms with E-state index in [0.717, 1.165) is 74.3 Å². The van der Waals surface area contributed by atoms with E-state index in [0.29, 0.717) is 28.8 Å². The van der Waals surface area contributed by atoms with E-state index in [2.05, 4.69) is 27.4 Å². The quantitative estimate of drug-likeness (QED) is 0.142. The second-order valence-electron chi connectivity index (χ2n) is 14.6. The summed E-state index contributed by atoms with van der Waals surface area (Å²) in [6, 6.07) is 39.1. The highest BCUT2D eigenvalue weighted by atomic mass is 35.5. The third kappa shape index (κ3) is 10.1. The van der Waals surface area contributed by atoms with Crippen LogP contribution in [0.25, 0.3) is 32.5 Å².